The fourth-order valence-electron chi connectivity index (χ4n) is 15.0. The molecule has 15 heteroatoms. The number of aryl methyl sites for hydroxylation is 8. The van der Waals surface area contributed by atoms with Gasteiger partial charge in [-0.05, 0) is 225 Å². The smallest absolute Gasteiger partial charge is 0.216 e. The van der Waals surface area contributed by atoms with Crippen LogP contribution in [-0.2, 0) is 73.1 Å². The molecular formula is C113H113Ir3N9O3-6. The van der Waals surface area contributed by atoms with Crippen LogP contribution < -0.4 is 0 Å². The molecule has 0 aliphatic heterocycles. The van der Waals surface area contributed by atoms with Crippen molar-refractivity contribution in [2.45, 2.75) is 200 Å². The van der Waals surface area contributed by atoms with Gasteiger partial charge in [-0.3, -0.25) is 0 Å². The Hall–Kier alpha value is -11.0. The second-order valence-electron chi connectivity index (χ2n) is 33.3. The van der Waals surface area contributed by atoms with Gasteiger partial charge < -0.3 is 43.2 Å². The van der Waals surface area contributed by atoms with Gasteiger partial charge in [0.05, 0.1) is 16.7 Å². The number of furan rings is 3. The molecule has 128 heavy (non-hydrogen) atoms. The van der Waals surface area contributed by atoms with Crippen molar-refractivity contribution >= 4 is 66.2 Å². The molecule has 0 bridgehead atoms. The van der Waals surface area contributed by atoms with Gasteiger partial charge in [0.2, 0.25) is 17.1 Å². The maximum absolute atomic E-state index is 8.58. The predicted molar refractivity (Wildman–Crippen MR) is 514 cm³/mol. The predicted octanol–water partition coefficient (Wildman–Crippen LogP) is 29.8. The van der Waals surface area contributed by atoms with Gasteiger partial charge in [-0.1, -0.05) is 193 Å². The third-order valence-electron chi connectivity index (χ3n) is 21.0. The first-order valence-corrected chi connectivity index (χ1v) is 41.5. The summed E-state index contributed by atoms with van der Waals surface area (Å²) in [5, 5.41) is 5.55. The Morgan fingerprint density at radius 1 is 0.375 bits per heavy atom. The van der Waals surface area contributed by atoms with E-state index >= 15 is 0 Å². The molecule has 12 heterocycles. The number of pyridine rings is 9. The molecule has 1 aliphatic carbocycles. The molecule has 1 aliphatic rings. The van der Waals surface area contributed by atoms with Gasteiger partial charge in [0.25, 0.3) is 0 Å². The zero-order valence-corrected chi connectivity index (χ0v) is 81.2. The van der Waals surface area contributed by atoms with Gasteiger partial charge in [0, 0.05) is 161 Å². The van der Waals surface area contributed by atoms with Crippen molar-refractivity contribution in [2.75, 3.05) is 0 Å². The molecule has 1 fully saturated rings. The van der Waals surface area contributed by atoms with E-state index in [-0.39, 0.29) is 77.4 Å². The van der Waals surface area contributed by atoms with E-state index in [9.17, 15) is 0 Å². The number of fused-ring (bicyclic) bond motifs is 9. The number of aromatic nitrogens is 9. The van der Waals surface area contributed by atoms with E-state index in [4.69, 9.17) is 43.4 Å². The van der Waals surface area contributed by atoms with E-state index in [2.05, 4.69) is 81.3 Å². The molecule has 6 aromatic carbocycles. The second-order valence-corrected chi connectivity index (χ2v) is 33.3. The molecule has 0 spiro atoms. The second kappa shape index (κ2) is 43.4. The molecule has 3 atom stereocenters. The minimum Gasteiger partial charge on any atom is -0.486 e. The maximum Gasteiger partial charge on any atom is 0.216 e. The normalized spacial score (nSPS) is 16.6. The van der Waals surface area contributed by atoms with Crippen molar-refractivity contribution in [3.8, 4) is 67.5 Å². The number of benzene rings is 6. The van der Waals surface area contributed by atoms with Gasteiger partial charge in [-0.25, -0.2) is 15.0 Å². The fraction of sp³-hybridized carbons (Fsp3) is 0.283. The molecular weight excluding hydrogens is 2110 g/mol. The summed E-state index contributed by atoms with van der Waals surface area (Å²) in [6, 6.07) is 76.7. The average molecular weight is 2240 g/mol. The molecule has 19 rings (SSSR count). The van der Waals surface area contributed by atoms with E-state index in [1.807, 2.05) is 196 Å². The third kappa shape index (κ3) is 23.9. The summed E-state index contributed by atoms with van der Waals surface area (Å²) in [4.78, 5) is 39.7. The zero-order valence-electron chi connectivity index (χ0n) is 96.0. The van der Waals surface area contributed by atoms with Gasteiger partial charge >= 0.3 is 0 Å². The first kappa shape index (κ1) is 70.9. The van der Waals surface area contributed by atoms with E-state index in [1.165, 1.54) is 57.8 Å². The summed E-state index contributed by atoms with van der Waals surface area (Å²) in [6.07, 6.45) is 9.89. The summed E-state index contributed by atoms with van der Waals surface area (Å²) in [5.74, 6) is -4.72. The summed E-state index contributed by atoms with van der Waals surface area (Å²) in [7, 11) is 0. The fourth-order valence-corrected chi connectivity index (χ4v) is 15.0. The van der Waals surface area contributed by atoms with Crippen LogP contribution in [0.5, 0.6) is 0 Å². The Bertz CT molecular complexity index is 7540. The Balaban J connectivity index is 0.000000172. The minimum atomic E-state index is -2.51. The molecule has 0 saturated heterocycles. The summed E-state index contributed by atoms with van der Waals surface area (Å²) >= 11 is 0. The van der Waals surface area contributed by atoms with Crippen molar-refractivity contribution in [2.24, 2.45) is 10.8 Å². The molecule has 12 nitrogen and oxygen atoms in total. The Labute approximate surface area is 828 Å². The first-order valence-electron chi connectivity index (χ1n) is 52.5. The van der Waals surface area contributed by atoms with Crippen LogP contribution in [0.4, 0.5) is 0 Å². The van der Waals surface area contributed by atoms with E-state index in [1.54, 1.807) is 75.5 Å². The van der Waals surface area contributed by atoms with E-state index in [0.29, 0.717) is 84.4 Å². The molecule has 1 saturated carbocycles. The number of nitrogens with zero attached hydrogens (tertiary/aromatic N) is 9. The van der Waals surface area contributed by atoms with E-state index in [0.717, 1.165) is 142 Å². The van der Waals surface area contributed by atoms with Crippen molar-refractivity contribution in [1.29, 1.82) is 0 Å². The molecule has 661 valence electrons. The quantitative estimate of drug-likeness (QED) is 0.107. The summed E-state index contributed by atoms with van der Waals surface area (Å²) in [5.41, 5.74) is 18.8. The molecule has 3 radical (unpaired) electrons. The zero-order chi connectivity index (χ0) is 107. The first-order chi connectivity index (χ1) is 68.6. The Morgan fingerprint density at radius 3 is 1.09 bits per heavy atom. The van der Waals surface area contributed by atoms with Crippen LogP contribution in [0.15, 0.2) is 238 Å². The van der Waals surface area contributed by atoms with Gasteiger partial charge in [-0.15, -0.1) is 162 Å². The van der Waals surface area contributed by atoms with Crippen LogP contribution in [0.1, 0.15) is 241 Å². The van der Waals surface area contributed by atoms with Crippen LogP contribution in [0.2, 0.25) is 0 Å². The number of hydrogen-bond donors (Lipinski definition) is 0. The van der Waals surface area contributed by atoms with Crippen LogP contribution in [0, 0.1) is 102 Å². The van der Waals surface area contributed by atoms with Gasteiger partial charge in [-0.2, -0.15) is 0 Å². The van der Waals surface area contributed by atoms with Crippen molar-refractivity contribution in [3.63, 3.8) is 0 Å². The standard InChI is InChI=1S/C23H21N2O.C23H23N2O.C22H21N2O.3C15H16N.3Ir/c1-14-13-24-21(12-20(14)16-6-3-4-7-16)19-9-5-8-17-18-11-10-15(2)25-23(18)26-22(17)19;1-14-11-20(24-13-16(14)12-23(3,4)5)19-8-6-7-17-18-10-9-15(2)25-22(18)26-21(17)19;1-14-8-10-17-16-6-5-7-18(20(16)25-21(17)24-14)19-11-9-15(13-23-19)12-22(2,3)4;3*1-11(2)14-10-16-15(9-12(14)3)13-7-5-4-6-8-13;;;/h5,8,10-13,16H,3-4,6-7H2,1-2H3;6-7,9-11,13H,12H2,1-5H3;5-6,8-11,13H,12H2,1-4H3;3*4-7,9-11H,1-3H3;;;/q6*-1;;;/i1D3;1D3,12D2;12D2;3*1D3,11D;;;. The summed E-state index contributed by atoms with van der Waals surface area (Å²) < 4.78 is 192. The van der Waals surface area contributed by atoms with Crippen molar-refractivity contribution < 1.29 is 104 Å². The molecule has 12 aromatic heterocycles. The molecule has 18 aromatic rings. The largest absolute Gasteiger partial charge is 0.486 e. The van der Waals surface area contributed by atoms with E-state index < -0.39 is 75.5 Å². The maximum atomic E-state index is 8.58. The Morgan fingerprint density at radius 2 is 0.742 bits per heavy atom. The SMILES string of the molecule is [2H]C([2H])([2H])C([2H])(C)c1cnc(-c2[c-]cccc2)cc1C.[2H]C([2H])([2H])C([2H])(C)c1cnc(-c2[c-]cccc2)cc1C.[2H]C([2H])([2H])C([2H])(C)c1cnc(-c2[c-]cccc2)cc1C.[2H]C([2H])([2H])c1cc(-c2[c-]ccc3c2oc2nc(C)ccc23)ncc1C([2H])([2H])C(C)(C)C.[2H]C([2H])([2H])c1cnc(-c2[c-]ccc3c2oc2nc(C)ccc23)cc1C1CCCC1.[2H]C([2H])(c1ccc(-c2[c-]ccc3c2oc2nc(C)ccc23)nc1)C(C)(C)C.[Ir].[Ir].[Ir]. The monoisotopic (exact) mass is 2240 g/mol. The van der Waals surface area contributed by atoms with Crippen LogP contribution in [-0.4, -0.2) is 44.9 Å². The Kier molecular flexibility index (Phi) is 24.1. The van der Waals surface area contributed by atoms with Crippen molar-refractivity contribution in [3.05, 3.63) is 340 Å². The number of hydrogen-bond acceptors (Lipinski definition) is 12. The molecule has 0 amide bonds. The third-order valence-corrected chi connectivity index (χ3v) is 21.0. The molecule has 0 N–H and O–H groups in total. The van der Waals surface area contributed by atoms with Crippen LogP contribution in [0.3, 0.4) is 0 Å². The minimum absolute atomic E-state index is 0. The van der Waals surface area contributed by atoms with Crippen molar-refractivity contribution in [1.82, 2.24) is 44.9 Å². The molecule has 3 unspecified atom stereocenters. The van der Waals surface area contributed by atoms with Gasteiger partial charge in [0.15, 0.2) is 0 Å². The van der Waals surface area contributed by atoms with Gasteiger partial charge in [0.1, 0.15) is 0 Å². The topological polar surface area (TPSA) is 155 Å². The number of rotatable bonds is 12. The van der Waals surface area contributed by atoms with Crippen LogP contribution >= 0.6 is 0 Å². The van der Waals surface area contributed by atoms with Crippen LogP contribution in [0.25, 0.3) is 134 Å². The summed E-state index contributed by atoms with van der Waals surface area (Å²) in [6.45, 7) is 14.4. The average Bonchev–Trinajstić information content (AvgIpc) is 1.03.